The van der Waals surface area contributed by atoms with Crippen LogP contribution in [0.5, 0.6) is 5.75 Å². The molecule has 0 N–H and O–H groups in total. The fraction of sp³-hybridized carbons (Fsp3) is 0.346. The van der Waals surface area contributed by atoms with Crippen LogP contribution >= 0.6 is 0 Å². The molecule has 1 saturated heterocycles. The van der Waals surface area contributed by atoms with Crippen LogP contribution in [-0.2, 0) is 27.2 Å². The van der Waals surface area contributed by atoms with Gasteiger partial charge in [0.05, 0.1) is 13.7 Å². The maximum absolute atomic E-state index is 13.1. The van der Waals surface area contributed by atoms with Crippen molar-refractivity contribution in [2.45, 2.75) is 13.1 Å². The van der Waals surface area contributed by atoms with Crippen LogP contribution in [0.1, 0.15) is 11.4 Å². The van der Waals surface area contributed by atoms with Gasteiger partial charge in [0.1, 0.15) is 11.6 Å². The van der Waals surface area contributed by atoms with Gasteiger partial charge < -0.3 is 14.2 Å². The molecule has 9 nitrogen and oxygen atoms in total. The van der Waals surface area contributed by atoms with Crippen molar-refractivity contribution in [2.75, 3.05) is 38.2 Å². The number of piperazine rings is 1. The predicted molar refractivity (Wildman–Crippen MR) is 136 cm³/mol. The molecular formula is C26H30N6O3. The summed E-state index contributed by atoms with van der Waals surface area (Å²) in [6.45, 7) is 4.66. The summed E-state index contributed by atoms with van der Waals surface area (Å²) >= 11 is 0. The third-order valence-electron chi connectivity index (χ3n) is 6.79. The Balaban J connectivity index is 1.43. The minimum Gasteiger partial charge on any atom is -0.497 e. The number of anilines is 1. The molecule has 0 amide bonds. The van der Waals surface area contributed by atoms with Crippen molar-refractivity contribution in [2.24, 2.45) is 14.1 Å². The van der Waals surface area contributed by atoms with Crippen molar-refractivity contribution < 1.29 is 4.74 Å². The van der Waals surface area contributed by atoms with Gasteiger partial charge in [-0.05, 0) is 29.8 Å². The van der Waals surface area contributed by atoms with Gasteiger partial charge in [0.2, 0.25) is 0 Å². The van der Waals surface area contributed by atoms with Gasteiger partial charge in [-0.1, -0.05) is 30.3 Å². The SMILES string of the molecule is COc1ccc(N2CCN(Cc3nc4c(c(=O)n(C)c(=O)n4C)n3Cc3ccccc3)CC2)cc1. The average molecular weight is 475 g/mol. The monoisotopic (exact) mass is 474 g/mol. The molecule has 0 atom stereocenters. The number of hydrogen-bond donors (Lipinski definition) is 0. The minimum absolute atomic E-state index is 0.317. The molecule has 0 aliphatic carbocycles. The van der Waals surface area contributed by atoms with E-state index >= 15 is 0 Å². The fourth-order valence-electron chi connectivity index (χ4n) is 4.71. The van der Waals surface area contributed by atoms with Gasteiger partial charge in [-0.2, -0.15) is 0 Å². The molecule has 1 aliphatic rings. The van der Waals surface area contributed by atoms with Crippen LogP contribution < -0.4 is 20.9 Å². The van der Waals surface area contributed by atoms with E-state index in [-0.39, 0.29) is 11.2 Å². The molecule has 5 rings (SSSR count). The Bertz CT molecular complexity index is 1450. The molecule has 1 fully saturated rings. The first-order valence-corrected chi connectivity index (χ1v) is 11.8. The Kier molecular flexibility index (Phi) is 6.17. The van der Waals surface area contributed by atoms with E-state index in [2.05, 4.69) is 21.9 Å². The van der Waals surface area contributed by atoms with Gasteiger partial charge in [-0.25, -0.2) is 9.78 Å². The van der Waals surface area contributed by atoms with E-state index in [0.717, 1.165) is 47.9 Å². The molecule has 3 heterocycles. The molecule has 182 valence electrons. The van der Waals surface area contributed by atoms with Gasteiger partial charge in [-0.3, -0.25) is 18.8 Å². The van der Waals surface area contributed by atoms with Crippen LogP contribution in [0.15, 0.2) is 64.2 Å². The molecule has 2 aromatic carbocycles. The lowest BCUT2D eigenvalue weighted by atomic mass is 10.2. The van der Waals surface area contributed by atoms with Crippen LogP contribution in [-0.4, -0.2) is 56.9 Å². The summed E-state index contributed by atoms with van der Waals surface area (Å²) in [7, 11) is 4.86. The number of nitrogens with zero attached hydrogens (tertiary/aromatic N) is 6. The number of hydrogen-bond acceptors (Lipinski definition) is 6. The third-order valence-corrected chi connectivity index (χ3v) is 6.79. The highest BCUT2D eigenvalue weighted by molar-refractivity contribution is 5.71. The van der Waals surface area contributed by atoms with Crippen LogP contribution in [0, 0.1) is 0 Å². The Morgan fingerprint density at radius 1 is 0.857 bits per heavy atom. The molecular weight excluding hydrogens is 444 g/mol. The Hall–Kier alpha value is -3.85. The number of imidazole rings is 1. The standard InChI is InChI=1S/C26H30N6O3/c1-28-24-23(25(33)29(2)26(28)34)32(17-19-7-5-4-6-8-19)22(27-24)18-30-13-15-31(16-14-30)20-9-11-21(35-3)12-10-20/h4-12H,13-18H2,1-3H3. The van der Waals surface area contributed by atoms with Gasteiger partial charge >= 0.3 is 5.69 Å². The summed E-state index contributed by atoms with van der Waals surface area (Å²) in [5.74, 6) is 1.64. The zero-order valence-corrected chi connectivity index (χ0v) is 20.3. The lowest BCUT2D eigenvalue weighted by Gasteiger charge is -2.36. The average Bonchev–Trinajstić information content (AvgIpc) is 3.25. The summed E-state index contributed by atoms with van der Waals surface area (Å²) in [5, 5.41) is 0. The molecule has 1 aliphatic heterocycles. The second-order valence-electron chi connectivity index (χ2n) is 8.94. The maximum Gasteiger partial charge on any atom is 0.332 e. The van der Waals surface area contributed by atoms with E-state index in [9.17, 15) is 9.59 Å². The number of aromatic nitrogens is 4. The molecule has 0 spiro atoms. The van der Waals surface area contributed by atoms with Crippen molar-refractivity contribution in [3.8, 4) is 5.75 Å². The Morgan fingerprint density at radius 3 is 2.20 bits per heavy atom. The van der Waals surface area contributed by atoms with E-state index in [1.54, 1.807) is 14.2 Å². The highest BCUT2D eigenvalue weighted by Gasteiger charge is 2.23. The van der Waals surface area contributed by atoms with E-state index < -0.39 is 0 Å². The highest BCUT2D eigenvalue weighted by atomic mass is 16.5. The van der Waals surface area contributed by atoms with Crippen LogP contribution in [0.3, 0.4) is 0 Å². The molecule has 0 radical (unpaired) electrons. The molecule has 2 aromatic heterocycles. The number of fused-ring (bicyclic) bond motifs is 1. The van der Waals surface area contributed by atoms with Crippen molar-refractivity contribution in [3.05, 3.63) is 86.8 Å². The van der Waals surface area contributed by atoms with Crippen LogP contribution in [0.4, 0.5) is 5.69 Å². The zero-order valence-electron chi connectivity index (χ0n) is 20.3. The summed E-state index contributed by atoms with van der Waals surface area (Å²) < 4.78 is 9.86. The second-order valence-corrected chi connectivity index (χ2v) is 8.94. The van der Waals surface area contributed by atoms with Crippen molar-refractivity contribution in [3.63, 3.8) is 0 Å². The zero-order chi connectivity index (χ0) is 24.5. The molecule has 9 heteroatoms. The Morgan fingerprint density at radius 2 is 1.54 bits per heavy atom. The lowest BCUT2D eigenvalue weighted by molar-refractivity contribution is 0.241. The lowest BCUT2D eigenvalue weighted by Crippen LogP contribution is -2.46. The molecule has 0 unspecified atom stereocenters. The van der Waals surface area contributed by atoms with Gasteiger partial charge in [0.15, 0.2) is 11.2 Å². The molecule has 4 aromatic rings. The van der Waals surface area contributed by atoms with Crippen LogP contribution in [0.2, 0.25) is 0 Å². The fourth-order valence-corrected chi connectivity index (χ4v) is 4.71. The van der Waals surface area contributed by atoms with Crippen molar-refractivity contribution >= 4 is 16.9 Å². The normalized spacial score (nSPS) is 14.5. The van der Waals surface area contributed by atoms with Gasteiger partial charge in [-0.15, -0.1) is 0 Å². The topological polar surface area (TPSA) is 77.5 Å². The summed E-state index contributed by atoms with van der Waals surface area (Å²) in [6.07, 6.45) is 0. The van der Waals surface area contributed by atoms with E-state index in [0.29, 0.717) is 24.3 Å². The first-order valence-electron chi connectivity index (χ1n) is 11.8. The Labute approximate surface area is 203 Å². The largest absolute Gasteiger partial charge is 0.497 e. The van der Waals surface area contributed by atoms with E-state index in [1.165, 1.54) is 17.3 Å². The predicted octanol–water partition coefficient (Wildman–Crippen LogP) is 1.81. The first kappa shape index (κ1) is 22.9. The van der Waals surface area contributed by atoms with Crippen molar-refractivity contribution in [1.82, 2.24) is 23.6 Å². The number of ether oxygens (including phenoxy) is 1. The molecule has 0 saturated carbocycles. The number of methoxy groups -OCH3 is 1. The number of aryl methyl sites for hydroxylation is 1. The van der Waals surface area contributed by atoms with Crippen molar-refractivity contribution in [1.29, 1.82) is 0 Å². The molecule has 35 heavy (non-hydrogen) atoms. The number of rotatable bonds is 6. The second kappa shape index (κ2) is 9.42. The third kappa shape index (κ3) is 4.35. The van der Waals surface area contributed by atoms with Gasteiger partial charge in [0.25, 0.3) is 5.56 Å². The number of benzene rings is 2. The first-order chi connectivity index (χ1) is 17.0. The van der Waals surface area contributed by atoms with E-state index in [1.807, 2.05) is 47.0 Å². The summed E-state index contributed by atoms with van der Waals surface area (Å²) in [5.41, 5.74) is 2.47. The quantitative estimate of drug-likeness (QED) is 0.424. The summed E-state index contributed by atoms with van der Waals surface area (Å²) in [6, 6.07) is 18.2. The molecule has 0 bridgehead atoms. The van der Waals surface area contributed by atoms with Crippen LogP contribution in [0.25, 0.3) is 11.2 Å². The maximum atomic E-state index is 13.1. The van der Waals surface area contributed by atoms with Gasteiger partial charge in [0, 0.05) is 52.5 Å². The summed E-state index contributed by atoms with van der Waals surface area (Å²) in [4.78, 5) is 35.2. The highest BCUT2D eigenvalue weighted by Crippen LogP contribution is 2.22. The smallest absolute Gasteiger partial charge is 0.332 e. The minimum atomic E-state index is -0.369. The van der Waals surface area contributed by atoms with E-state index in [4.69, 9.17) is 9.72 Å².